The lowest BCUT2D eigenvalue weighted by Gasteiger charge is -2.16. The first-order valence-electron chi connectivity index (χ1n) is 4.48. The predicted octanol–water partition coefficient (Wildman–Crippen LogP) is 2.52. The summed E-state index contributed by atoms with van der Waals surface area (Å²) in [4.78, 5) is 23.2. The highest BCUT2D eigenvalue weighted by molar-refractivity contribution is 6.68. The molecule has 1 aromatic rings. The highest BCUT2D eigenvalue weighted by atomic mass is 35.5. The van der Waals surface area contributed by atoms with Crippen LogP contribution in [0.2, 0.25) is 0 Å². The number of hydrogen-bond donors (Lipinski definition) is 0. The minimum absolute atomic E-state index is 0.304. The van der Waals surface area contributed by atoms with E-state index >= 15 is 0 Å². The van der Waals surface area contributed by atoms with Gasteiger partial charge in [0.25, 0.3) is 4.33 Å². The van der Waals surface area contributed by atoms with E-state index in [1.807, 2.05) is 0 Å². The molecule has 0 amide bonds. The number of hydrogen-bond acceptors (Lipinski definition) is 3. The van der Waals surface area contributed by atoms with Gasteiger partial charge in [-0.2, -0.15) is 0 Å². The average Bonchev–Trinajstić information content (AvgIpc) is 2.27. The highest BCUT2D eigenvalue weighted by Crippen LogP contribution is 2.28. The number of Topliss-reactive ketones (excluding diaryl/α,β-unsaturated/α-hetero) is 1. The van der Waals surface area contributed by atoms with Crippen molar-refractivity contribution in [3.63, 3.8) is 0 Å². The first-order valence-corrected chi connectivity index (χ1v) is 5.23. The van der Waals surface area contributed by atoms with Gasteiger partial charge in [-0.25, -0.2) is 4.79 Å². The molecule has 3 nitrogen and oxygen atoms in total. The van der Waals surface area contributed by atoms with E-state index in [4.69, 9.17) is 23.2 Å². The number of alkyl halides is 2. The third-order valence-electron chi connectivity index (χ3n) is 2.12. The molecule has 0 spiro atoms. The molecule has 0 aliphatic heterocycles. The number of esters is 1. The van der Waals surface area contributed by atoms with Crippen molar-refractivity contribution >= 4 is 35.0 Å². The van der Waals surface area contributed by atoms with Gasteiger partial charge in [-0.15, -0.1) is 0 Å². The summed E-state index contributed by atoms with van der Waals surface area (Å²) in [6.07, 6.45) is 0. The Labute approximate surface area is 103 Å². The summed E-state index contributed by atoms with van der Waals surface area (Å²) < 4.78 is 2.18. The number of methoxy groups -OCH3 is 1. The maximum Gasteiger partial charge on any atom is 0.350 e. The van der Waals surface area contributed by atoms with Gasteiger partial charge in [0.15, 0.2) is 0 Å². The molecule has 0 atom stereocenters. The number of ketones is 1. The van der Waals surface area contributed by atoms with E-state index in [2.05, 4.69) is 4.74 Å². The number of halogens is 2. The van der Waals surface area contributed by atoms with Crippen molar-refractivity contribution in [3.8, 4) is 0 Å². The van der Waals surface area contributed by atoms with Gasteiger partial charge < -0.3 is 4.74 Å². The van der Waals surface area contributed by atoms with Crippen LogP contribution in [-0.4, -0.2) is 23.2 Å². The summed E-state index contributed by atoms with van der Waals surface area (Å²) in [6, 6.07) is 6.73. The smallest absolute Gasteiger partial charge is 0.350 e. The maximum atomic E-state index is 11.9. The molecule has 86 valence electrons. The van der Waals surface area contributed by atoms with Gasteiger partial charge in [-0.05, 0) is 12.5 Å². The maximum absolute atomic E-state index is 11.9. The Hall–Kier alpha value is -1.06. The topological polar surface area (TPSA) is 43.4 Å². The van der Waals surface area contributed by atoms with Crippen LogP contribution in [0.15, 0.2) is 24.3 Å². The van der Waals surface area contributed by atoms with Gasteiger partial charge in [-0.1, -0.05) is 47.5 Å². The van der Waals surface area contributed by atoms with Crippen LogP contribution in [0.3, 0.4) is 0 Å². The van der Waals surface area contributed by atoms with Gasteiger partial charge in [0.1, 0.15) is 0 Å². The summed E-state index contributed by atoms with van der Waals surface area (Å²) in [6.45, 7) is 1.73. The molecule has 0 aliphatic rings. The van der Waals surface area contributed by atoms with Gasteiger partial charge in [0, 0.05) is 5.56 Å². The number of carbonyl (C=O) groups excluding carboxylic acids is 2. The molecule has 0 saturated carbocycles. The van der Waals surface area contributed by atoms with E-state index in [1.54, 1.807) is 31.2 Å². The van der Waals surface area contributed by atoms with Crippen molar-refractivity contribution in [1.82, 2.24) is 0 Å². The Morgan fingerprint density at radius 2 is 1.81 bits per heavy atom. The molecule has 5 heteroatoms. The molecule has 0 radical (unpaired) electrons. The number of ether oxygens (including phenoxy) is 1. The fourth-order valence-electron chi connectivity index (χ4n) is 1.22. The molecule has 0 unspecified atom stereocenters. The minimum Gasteiger partial charge on any atom is -0.466 e. The van der Waals surface area contributed by atoms with Gasteiger partial charge >= 0.3 is 5.97 Å². The van der Waals surface area contributed by atoms with Gasteiger partial charge in [-0.3, -0.25) is 4.79 Å². The monoisotopic (exact) mass is 260 g/mol. The number of carbonyl (C=O) groups is 2. The third-order valence-corrected chi connectivity index (χ3v) is 2.77. The highest BCUT2D eigenvalue weighted by Gasteiger charge is 2.44. The van der Waals surface area contributed by atoms with E-state index in [0.29, 0.717) is 11.1 Å². The van der Waals surface area contributed by atoms with Crippen LogP contribution in [0.25, 0.3) is 0 Å². The molecule has 0 N–H and O–H groups in total. The molecule has 0 fully saturated rings. The lowest BCUT2D eigenvalue weighted by atomic mass is 10.0. The Morgan fingerprint density at radius 1 is 1.25 bits per heavy atom. The Balaban J connectivity index is 3.12. The van der Waals surface area contributed by atoms with Crippen LogP contribution in [0.5, 0.6) is 0 Å². The van der Waals surface area contributed by atoms with Crippen molar-refractivity contribution in [1.29, 1.82) is 0 Å². The Bertz CT molecular complexity index is 427. The molecule has 1 aromatic carbocycles. The van der Waals surface area contributed by atoms with Crippen LogP contribution in [-0.2, 0) is 9.53 Å². The second-order valence-corrected chi connectivity index (χ2v) is 4.54. The van der Waals surface area contributed by atoms with Crippen LogP contribution in [0, 0.1) is 6.92 Å². The largest absolute Gasteiger partial charge is 0.466 e. The first kappa shape index (κ1) is 13.0. The zero-order chi connectivity index (χ0) is 12.3. The Kier molecular flexibility index (Phi) is 3.94. The second kappa shape index (κ2) is 4.85. The van der Waals surface area contributed by atoms with Crippen LogP contribution < -0.4 is 0 Å². The fraction of sp³-hybridized carbons (Fsp3) is 0.273. The molecule has 0 bridgehead atoms. The molecular formula is C11H10Cl2O3. The molecule has 16 heavy (non-hydrogen) atoms. The quantitative estimate of drug-likeness (QED) is 0.363. The van der Waals surface area contributed by atoms with Crippen molar-refractivity contribution in [3.05, 3.63) is 35.4 Å². The van der Waals surface area contributed by atoms with Gasteiger partial charge in [0.2, 0.25) is 5.78 Å². The SMILES string of the molecule is COC(=O)C(Cl)(Cl)C(=O)c1ccccc1C. The summed E-state index contributed by atoms with van der Waals surface area (Å²) in [5.74, 6) is -1.66. The summed E-state index contributed by atoms with van der Waals surface area (Å²) in [5, 5.41) is 0. The lowest BCUT2D eigenvalue weighted by molar-refractivity contribution is -0.140. The average molecular weight is 261 g/mol. The van der Waals surface area contributed by atoms with E-state index < -0.39 is 16.1 Å². The number of aryl methyl sites for hydroxylation is 1. The van der Waals surface area contributed by atoms with Crippen molar-refractivity contribution in [2.45, 2.75) is 11.3 Å². The Morgan fingerprint density at radius 3 is 2.31 bits per heavy atom. The van der Waals surface area contributed by atoms with E-state index in [1.165, 1.54) is 0 Å². The normalized spacial score (nSPS) is 11.0. The van der Waals surface area contributed by atoms with Crippen molar-refractivity contribution in [2.75, 3.05) is 7.11 Å². The molecule has 0 saturated heterocycles. The zero-order valence-corrected chi connectivity index (χ0v) is 10.3. The van der Waals surface area contributed by atoms with E-state index in [9.17, 15) is 9.59 Å². The van der Waals surface area contributed by atoms with Crippen LogP contribution >= 0.6 is 23.2 Å². The molecule has 0 aromatic heterocycles. The van der Waals surface area contributed by atoms with Crippen LogP contribution in [0.1, 0.15) is 15.9 Å². The van der Waals surface area contributed by atoms with Gasteiger partial charge in [0.05, 0.1) is 7.11 Å². The molecule has 0 heterocycles. The zero-order valence-electron chi connectivity index (χ0n) is 8.79. The number of benzene rings is 1. The minimum atomic E-state index is -2.19. The lowest BCUT2D eigenvalue weighted by Crippen LogP contribution is -2.37. The van der Waals surface area contributed by atoms with Crippen LogP contribution in [0.4, 0.5) is 0 Å². The summed E-state index contributed by atoms with van der Waals surface area (Å²) in [5.41, 5.74) is 1.000. The van der Waals surface area contributed by atoms with E-state index in [-0.39, 0.29) is 0 Å². The predicted molar refractivity (Wildman–Crippen MR) is 62.0 cm³/mol. The summed E-state index contributed by atoms with van der Waals surface area (Å²) >= 11 is 11.4. The standard InChI is InChI=1S/C11H10Cl2O3/c1-7-5-3-4-6-8(7)9(14)11(12,13)10(15)16-2/h3-6H,1-2H3. The van der Waals surface area contributed by atoms with Crippen molar-refractivity contribution in [2.24, 2.45) is 0 Å². The molecular weight excluding hydrogens is 251 g/mol. The molecule has 0 aliphatic carbocycles. The first-order chi connectivity index (χ1) is 7.41. The second-order valence-electron chi connectivity index (χ2n) is 3.21. The van der Waals surface area contributed by atoms with Crippen molar-refractivity contribution < 1.29 is 14.3 Å². The fourth-order valence-corrected chi connectivity index (χ4v) is 1.58. The summed E-state index contributed by atoms with van der Waals surface area (Å²) in [7, 11) is 1.12. The number of rotatable bonds is 3. The molecule has 1 rings (SSSR count). The third kappa shape index (κ3) is 2.36. The van der Waals surface area contributed by atoms with E-state index in [0.717, 1.165) is 7.11 Å².